The number of aromatic nitrogens is 1. The number of benzene rings is 3. The average molecular weight is 439 g/mol. The summed E-state index contributed by atoms with van der Waals surface area (Å²) < 4.78 is 21.1. The van der Waals surface area contributed by atoms with E-state index >= 15 is 0 Å². The SMILES string of the molecule is CNC[C@@H](O)[C@H](c1ccccc1)n1ccc2cc(OCc3ccc(F)cc3)ccc21.S. The molecule has 1 aromatic heterocycles. The Morgan fingerprint density at radius 1 is 1.00 bits per heavy atom. The van der Waals surface area contributed by atoms with E-state index in [0.717, 1.165) is 27.8 Å². The van der Waals surface area contributed by atoms with Crippen molar-refractivity contribution in [2.75, 3.05) is 13.6 Å². The van der Waals surface area contributed by atoms with Crippen molar-refractivity contribution in [2.45, 2.75) is 18.8 Å². The standard InChI is InChI=1S/C25H25FN2O2.H2S/c1-27-16-24(29)25(19-5-3-2-4-6-19)28-14-13-20-15-22(11-12-23(20)28)30-17-18-7-9-21(26)10-8-18;/h2-15,24-25,27,29H,16-17H2,1H3;1H2/t24-,25+;/m1./s1. The monoisotopic (exact) mass is 438 g/mol. The number of aliphatic hydroxyl groups excluding tert-OH is 1. The fourth-order valence-electron chi connectivity index (χ4n) is 3.76. The number of hydrogen-bond acceptors (Lipinski definition) is 3. The van der Waals surface area contributed by atoms with Gasteiger partial charge in [-0.1, -0.05) is 42.5 Å². The molecule has 31 heavy (non-hydrogen) atoms. The summed E-state index contributed by atoms with van der Waals surface area (Å²) in [5.41, 5.74) is 2.98. The molecule has 4 rings (SSSR count). The van der Waals surface area contributed by atoms with Crippen LogP contribution >= 0.6 is 13.5 Å². The number of rotatable bonds is 8. The van der Waals surface area contributed by atoms with E-state index in [0.29, 0.717) is 13.2 Å². The maximum absolute atomic E-state index is 13.1. The van der Waals surface area contributed by atoms with Crippen LogP contribution in [0, 0.1) is 5.82 Å². The summed E-state index contributed by atoms with van der Waals surface area (Å²) in [5.74, 6) is 0.492. The Kier molecular flexibility index (Phi) is 7.74. The number of fused-ring (bicyclic) bond motifs is 1. The number of aliphatic hydroxyl groups is 1. The quantitative estimate of drug-likeness (QED) is 0.421. The third-order valence-corrected chi connectivity index (χ3v) is 5.23. The van der Waals surface area contributed by atoms with Crippen LogP contribution in [0.25, 0.3) is 10.9 Å². The number of nitrogens with one attached hydrogen (secondary N) is 1. The number of ether oxygens (including phenoxy) is 1. The Morgan fingerprint density at radius 3 is 2.45 bits per heavy atom. The highest BCUT2D eigenvalue weighted by atomic mass is 32.1. The third-order valence-electron chi connectivity index (χ3n) is 5.23. The molecule has 162 valence electrons. The first-order valence-corrected chi connectivity index (χ1v) is 10.0. The molecule has 0 unspecified atom stereocenters. The van der Waals surface area contributed by atoms with Crippen LogP contribution < -0.4 is 10.1 Å². The lowest BCUT2D eigenvalue weighted by Gasteiger charge is -2.26. The first kappa shape index (κ1) is 22.9. The van der Waals surface area contributed by atoms with Crippen molar-refractivity contribution >= 4 is 24.4 Å². The molecule has 0 saturated carbocycles. The highest BCUT2D eigenvalue weighted by Gasteiger charge is 2.23. The van der Waals surface area contributed by atoms with Crippen molar-refractivity contribution in [3.05, 3.63) is 102 Å². The van der Waals surface area contributed by atoms with Gasteiger partial charge in [0.2, 0.25) is 0 Å². The zero-order chi connectivity index (χ0) is 20.9. The Labute approximate surface area is 188 Å². The van der Waals surface area contributed by atoms with E-state index in [-0.39, 0.29) is 25.4 Å². The lowest BCUT2D eigenvalue weighted by atomic mass is 10.0. The van der Waals surface area contributed by atoms with Gasteiger partial charge in [0.1, 0.15) is 18.2 Å². The predicted molar refractivity (Wildman–Crippen MR) is 128 cm³/mol. The number of nitrogens with zero attached hydrogens (tertiary/aromatic N) is 1. The highest BCUT2D eigenvalue weighted by molar-refractivity contribution is 7.59. The molecule has 2 atom stereocenters. The average Bonchev–Trinajstić information content (AvgIpc) is 3.17. The molecule has 0 amide bonds. The minimum Gasteiger partial charge on any atom is -0.489 e. The van der Waals surface area contributed by atoms with E-state index in [1.165, 1.54) is 12.1 Å². The van der Waals surface area contributed by atoms with Crippen LogP contribution in [0.15, 0.2) is 85.1 Å². The van der Waals surface area contributed by atoms with Gasteiger partial charge in [0.25, 0.3) is 0 Å². The maximum Gasteiger partial charge on any atom is 0.123 e. The Hall–Kier alpha value is -2.80. The summed E-state index contributed by atoms with van der Waals surface area (Å²) in [5, 5.41) is 14.9. The fourth-order valence-corrected chi connectivity index (χ4v) is 3.76. The Morgan fingerprint density at radius 2 is 1.74 bits per heavy atom. The molecule has 0 saturated heterocycles. The Bertz CT molecular complexity index is 1100. The van der Waals surface area contributed by atoms with Gasteiger partial charge < -0.3 is 19.7 Å². The van der Waals surface area contributed by atoms with Gasteiger partial charge in [0.05, 0.1) is 12.1 Å². The molecule has 0 aliphatic carbocycles. The lowest BCUT2D eigenvalue weighted by molar-refractivity contribution is 0.132. The summed E-state index contributed by atoms with van der Waals surface area (Å²) in [6.45, 7) is 0.859. The molecule has 4 nitrogen and oxygen atoms in total. The van der Waals surface area contributed by atoms with E-state index in [4.69, 9.17) is 4.74 Å². The molecule has 0 aliphatic rings. The van der Waals surface area contributed by atoms with Gasteiger partial charge in [-0.15, -0.1) is 0 Å². The maximum atomic E-state index is 13.1. The largest absolute Gasteiger partial charge is 0.489 e. The number of likely N-dealkylation sites (N-methyl/N-ethyl adjacent to an activating group) is 1. The van der Waals surface area contributed by atoms with Crippen LogP contribution in [0.3, 0.4) is 0 Å². The summed E-state index contributed by atoms with van der Waals surface area (Å²) in [4.78, 5) is 0. The lowest BCUT2D eigenvalue weighted by Crippen LogP contribution is -2.33. The van der Waals surface area contributed by atoms with Gasteiger partial charge >= 0.3 is 0 Å². The minimum atomic E-state index is -0.581. The van der Waals surface area contributed by atoms with E-state index in [1.807, 2.05) is 67.8 Å². The van der Waals surface area contributed by atoms with Crippen LogP contribution in [0.2, 0.25) is 0 Å². The van der Waals surface area contributed by atoms with Crippen LogP contribution in [-0.2, 0) is 6.61 Å². The van der Waals surface area contributed by atoms with Crippen molar-refractivity contribution in [3.8, 4) is 5.75 Å². The second-order valence-corrected chi connectivity index (χ2v) is 7.34. The highest BCUT2D eigenvalue weighted by Crippen LogP contribution is 2.30. The zero-order valence-corrected chi connectivity index (χ0v) is 18.3. The number of halogens is 1. The van der Waals surface area contributed by atoms with Gasteiger partial charge in [-0.05, 0) is 54.6 Å². The van der Waals surface area contributed by atoms with E-state index in [2.05, 4.69) is 9.88 Å². The predicted octanol–water partition coefficient (Wildman–Crippen LogP) is 4.64. The fraction of sp³-hybridized carbons (Fsp3) is 0.200. The molecular weight excluding hydrogens is 411 g/mol. The van der Waals surface area contributed by atoms with Crippen molar-refractivity contribution in [2.24, 2.45) is 0 Å². The van der Waals surface area contributed by atoms with Gasteiger partial charge in [0.15, 0.2) is 0 Å². The second-order valence-electron chi connectivity index (χ2n) is 7.34. The first-order chi connectivity index (χ1) is 14.7. The van der Waals surface area contributed by atoms with Crippen LogP contribution in [0.5, 0.6) is 5.75 Å². The van der Waals surface area contributed by atoms with Crippen LogP contribution in [0.1, 0.15) is 17.2 Å². The van der Waals surface area contributed by atoms with Crippen molar-refractivity contribution in [1.29, 1.82) is 0 Å². The number of hydrogen-bond donors (Lipinski definition) is 2. The molecule has 0 bridgehead atoms. The summed E-state index contributed by atoms with van der Waals surface area (Å²) in [6, 6.07) is 24.1. The molecule has 0 fully saturated rings. The summed E-state index contributed by atoms with van der Waals surface area (Å²) in [7, 11) is 1.84. The molecule has 3 aromatic carbocycles. The summed E-state index contributed by atoms with van der Waals surface area (Å²) >= 11 is 0. The van der Waals surface area contributed by atoms with Gasteiger partial charge in [-0.2, -0.15) is 13.5 Å². The van der Waals surface area contributed by atoms with E-state index < -0.39 is 6.10 Å². The molecule has 0 spiro atoms. The van der Waals surface area contributed by atoms with Gasteiger partial charge in [-0.25, -0.2) is 4.39 Å². The minimum absolute atomic E-state index is 0. The Balaban J connectivity index is 0.00000272. The normalized spacial score (nSPS) is 12.9. The van der Waals surface area contributed by atoms with Gasteiger partial charge in [-0.3, -0.25) is 0 Å². The molecule has 0 aliphatic heterocycles. The molecule has 4 aromatic rings. The first-order valence-electron chi connectivity index (χ1n) is 10.0. The molecule has 1 heterocycles. The third kappa shape index (κ3) is 5.28. The van der Waals surface area contributed by atoms with Crippen molar-refractivity contribution in [1.82, 2.24) is 9.88 Å². The van der Waals surface area contributed by atoms with Crippen molar-refractivity contribution < 1.29 is 14.2 Å². The van der Waals surface area contributed by atoms with Crippen LogP contribution in [0.4, 0.5) is 4.39 Å². The van der Waals surface area contributed by atoms with E-state index in [1.54, 1.807) is 12.1 Å². The molecule has 0 radical (unpaired) electrons. The summed E-state index contributed by atoms with van der Waals surface area (Å²) in [6.07, 6.45) is 1.42. The molecule has 6 heteroatoms. The molecular formula is C25H27FN2O2S. The second kappa shape index (κ2) is 10.5. The smallest absolute Gasteiger partial charge is 0.123 e. The zero-order valence-electron chi connectivity index (χ0n) is 17.3. The van der Waals surface area contributed by atoms with Crippen LogP contribution in [-0.4, -0.2) is 29.4 Å². The van der Waals surface area contributed by atoms with E-state index in [9.17, 15) is 9.50 Å². The molecule has 2 N–H and O–H groups in total. The van der Waals surface area contributed by atoms with Crippen molar-refractivity contribution in [3.63, 3.8) is 0 Å². The van der Waals surface area contributed by atoms with Gasteiger partial charge in [0, 0.05) is 23.6 Å². The topological polar surface area (TPSA) is 46.4 Å².